The van der Waals surface area contributed by atoms with Crippen LogP contribution in [0.4, 0.5) is 5.69 Å². The Bertz CT molecular complexity index is 614. The van der Waals surface area contributed by atoms with Crippen molar-refractivity contribution in [3.63, 3.8) is 0 Å². The van der Waals surface area contributed by atoms with Gasteiger partial charge in [-0.3, -0.25) is 0 Å². The van der Waals surface area contributed by atoms with Crippen LogP contribution in [0.25, 0.3) is 0 Å². The summed E-state index contributed by atoms with van der Waals surface area (Å²) in [6, 6.07) is 9.48. The molecule has 1 aliphatic heterocycles. The average molecular weight is 314 g/mol. The van der Waals surface area contributed by atoms with E-state index >= 15 is 0 Å². The Kier molecular flexibility index (Phi) is 4.96. The van der Waals surface area contributed by atoms with Crippen molar-refractivity contribution in [1.29, 1.82) is 0 Å². The van der Waals surface area contributed by atoms with Gasteiger partial charge in [-0.25, -0.2) is 0 Å². The van der Waals surface area contributed by atoms with Crippen LogP contribution in [0, 0.1) is 13.8 Å². The van der Waals surface area contributed by atoms with Crippen LogP contribution in [-0.2, 0) is 0 Å². The molecule has 1 atom stereocenters. The van der Waals surface area contributed by atoms with Crippen LogP contribution < -0.4 is 10.2 Å². The predicted molar refractivity (Wildman–Crippen MR) is 91.6 cm³/mol. The van der Waals surface area contributed by atoms with E-state index in [1.54, 1.807) is 0 Å². The molecule has 5 heteroatoms. The molecule has 1 unspecified atom stereocenters. The van der Waals surface area contributed by atoms with Crippen molar-refractivity contribution in [2.45, 2.75) is 52.1 Å². The molecule has 124 valence electrons. The van der Waals surface area contributed by atoms with Crippen LogP contribution in [0.2, 0.25) is 0 Å². The zero-order valence-electron chi connectivity index (χ0n) is 14.2. The molecule has 5 nitrogen and oxygen atoms in total. The van der Waals surface area contributed by atoms with Gasteiger partial charge in [-0.1, -0.05) is 29.8 Å². The van der Waals surface area contributed by atoms with Crippen molar-refractivity contribution < 1.29 is 4.52 Å². The van der Waals surface area contributed by atoms with Gasteiger partial charge in [0.05, 0.1) is 6.04 Å². The number of aryl methyl sites for hydroxylation is 2. The SMILES string of the molecule is CCC(NC1CCN(c2ccc(C)cc2)CC1)c1nc(C)no1. The number of hydrogen-bond donors (Lipinski definition) is 1. The second-order valence-electron chi connectivity index (χ2n) is 6.40. The summed E-state index contributed by atoms with van der Waals surface area (Å²) < 4.78 is 5.33. The highest BCUT2D eigenvalue weighted by molar-refractivity contribution is 5.47. The molecule has 0 amide bonds. The first kappa shape index (κ1) is 16.0. The van der Waals surface area contributed by atoms with Crippen LogP contribution >= 0.6 is 0 Å². The molecule has 1 saturated heterocycles. The van der Waals surface area contributed by atoms with E-state index in [0.29, 0.717) is 17.8 Å². The zero-order chi connectivity index (χ0) is 16.2. The van der Waals surface area contributed by atoms with Crippen molar-refractivity contribution >= 4 is 5.69 Å². The van der Waals surface area contributed by atoms with Gasteiger partial charge in [-0.15, -0.1) is 0 Å². The van der Waals surface area contributed by atoms with E-state index in [0.717, 1.165) is 32.4 Å². The first-order valence-electron chi connectivity index (χ1n) is 8.53. The second kappa shape index (κ2) is 7.13. The molecule has 0 saturated carbocycles. The molecule has 0 radical (unpaired) electrons. The minimum Gasteiger partial charge on any atom is -0.371 e. The summed E-state index contributed by atoms with van der Waals surface area (Å²) in [5.74, 6) is 1.42. The van der Waals surface area contributed by atoms with Gasteiger partial charge in [0.25, 0.3) is 0 Å². The number of piperidine rings is 1. The largest absolute Gasteiger partial charge is 0.371 e. The van der Waals surface area contributed by atoms with Crippen LogP contribution in [0.3, 0.4) is 0 Å². The summed E-state index contributed by atoms with van der Waals surface area (Å²) in [5.41, 5.74) is 2.64. The van der Waals surface area contributed by atoms with Gasteiger partial charge >= 0.3 is 0 Å². The molecule has 1 aromatic heterocycles. The highest BCUT2D eigenvalue weighted by Gasteiger charge is 2.24. The maximum absolute atomic E-state index is 5.33. The summed E-state index contributed by atoms with van der Waals surface area (Å²) in [4.78, 5) is 6.84. The molecule has 3 rings (SSSR count). The van der Waals surface area contributed by atoms with Gasteiger partial charge in [0.15, 0.2) is 5.82 Å². The van der Waals surface area contributed by atoms with Gasteiger partial charge in [-0.05, 0) is 45.2 Å². The molecule has 1 N–H and O–H groups in total. The van der Waals surface area contributed by atoms with E-state index in [-0.39, 0.29) is 6.04 Å². The fourth-order valence-corrected chi connectivity index (χ4v) is 3.16. The third-order valence-electron chi connectivity index (χ3n) is 4.58. The van der Waals surface area contributed by atoms with Crippen molar-refractivity contribution in [2.24, 2.45) is 0 Å². The second-order valence-corrected chi connectivity index (χ2v) is 6.40. The molecule has 1 aliphatic rings. The van der Waals surface area contributed by atoms with Gasteiger partial charge in [0.1, 0.15) is 0 Å². The normalized spacial score (nSPS) is 17.4. The summed E-state index contributed by atoms with van der Waals surface area (Å²) in [6.07, 6.45) is 3.23. The first-order chi connectivity index (χ1) is 11.2. The molecular formula is C18H26N4O. The molecule has 0 bridgehead atoms. The third-order valence-corrected chi connectivity index (χ3v) is 4.58. The van der Waals surface area contributed by atoms with Crippen LogP contribution in [0.1, 0.15) is 49.5 Å². The zero-order valence-corrected chi connectivity index (χ0v) is 14.2. The van der Waals surface area contributed by atoms with Gasteiger partial charge < -0.3 is 14.7 Å². The Balaban J connectivity index is 1.55. The average Bonchev–Trinajstić information content (AvgIpc) is 3.00. The summed E-state index contributed by atoms with van der Waals surface area (Å²) in [7, 11) is 0. The number of nitrogens with zero attached hydrogens (tertiary/aromatic N) is 3. The molecule has 0 spiro atoms. The molecule has 2 aromatic rings. The van der Waals surface area contributed by atoms with Gasteiger partial charge in [0.2, 0.25) is 5.89 Å². The standard InChI is InChI=1S/C18H26N4O/c1-4-17(18-19-14(3)21-23-18)20-15-9-11-22(12-10-15)16-7-5-13(2)6-8-16/h5-8,15,17,20H,4,9-12H2,1-3H3. The lowest BCUT2D eigenvalue weighted by atomic mass is 10.0. The minimum absolute atomic E-state index is 0.159. The minimum atomic E-state index is 0.159. The van der Waals surface area contributed by atoms with E-state index in [9.17, 15) is 0 Å². The monoisotopic (exact) mass is 314 g/mol. The molecule has 1 fully saturated rings. The number of anilines is 1. The summed E-state index contributed by atoms with van der Waals surface area (Å²) in [6.45, 7) is 8.31. The Morgan fingerprint density at radius 1 is 1.22 bits per heavy atom. The molecule has 0 aliphatic carbocycles. The van der Waals surface area contributed by atoms with Crippen molar-refractivity contribution in [2.75, 3.05) is 18.0 Å². The lowest BCUT2D eigenvalue weighted by Gasteiger charge is -2.35. The van der Waals surface area contributed by atoms with E-state index in [1.807, 2.05) is 6.92 Å². The van der Waals surface area contributed by atoms with Crippen molar-refractivity contribution in [3.8, 4) is 0 Å². The number of nitrogens with one attached hydrogen (secondary N) is 1. The highest BCUT2D eigenvalue weighted by atomic mass is 16.5. The van der Waals surface area contributed by atoms with Gasteiger partial charge in [0, 0.05) is 24.8 Å². The Morgan fingerprint density at radius 3 is 2.48 bits per heavy atom. The van der Waals surface area contributed by atoms with Gasteiger partial charge in [-0.2, -0.15) is 4.98 Å². The van der Waals surface area contributed by atoms with Crippen molar-refractivity contribution in [1.82, 2.24) is 15.5 Å². The lowest BCUT2D eigenvalue weighted by Crippen LogP contribution is -2.43. The van der Waals surface area contributed by atoms with Crippen LogP contribution in [-0.4, -0.2) is 29.3 Å². The number of aromatic nitrogens is 2. The maximum atomic E-state index is 5.33. The van der Waals surface area contributed by atoms with Crippen LogP contribution in [0.5, 0.6) is 0 Å². The van der Waals surface area contributed by atoms with E-state index < -0.39 is 0 Å². The molecule has 23 heavy (non-hydrogen) atoms. The highest BCUT2D eigenvalue weighted by Crippen LogP contribution is 2.23. The quantitative estimate of drug-likeness (QED) is 0.916. The Hall–Kier alpha value is -1.88. The molecule has 2 heterocycles. The van der Waals surface area contributed by atoms with E-state index in [1.165, 1.54) is 11.3 Å². The number of benzene rings is 1. The summed E-state index contributed by atoms with van der Waals surface area (Å²) >= 11 is 0. The van der Waals surface area contributed by atoms with Crippen molar-refractivity contribution in [3.05, 3.63) is 41.5 Å². The van der Waals surface area contributed by atoms with E-state index in [4.69, 9.17) is 4.52 Å². The lowest BCUT2D eigenvalue weighted by molar-refractivity contribution is 0.289. The molecule has 1 aromatic carbocycles. The van der Waals surface area contributed by atoms with Crippen LogP contribution in [0.15, 0.2) is 28.8 Å². The molecular weight excluding hydrogens is 288 g/mol. The fourth-order valence-electron chi connectivity index (χ4n) is 3.16. The number of hydrogen-bond acceptors (Lipinski definition) is 5. The van der Waals surface area contributed by atoms with E-state index in [2.05, 4.69) is 58.5 Å². The smallest absolute Gasteiger partial charge is 0.243 e. The number of rotatable bonds is 5. The Morgan fingerprint density at radius 2 is 1.91 bits per heavy atom. The maximum Gasteiger partial charge on any atom is 0.243 e. The predicted octanol–water partition coefficient (Wildman–Crippen LogP) is 3.40. The topological polar surface area (TPSA) is 54.2 Å². The fraction of sp³-hybridized carbons (Fsp3) is 0.556. The summed E-state index contributed by atoms with van der Waals surface area (Å²) in [5, 5.41) is 7.60. The third kappa shape index (κ3) is 3.91. The Labute approximate surface area is 138 Å². The first-order valence-corrected chi connectivity index (χ1v) is 8.53.